The van der Waals surface area contributed by atoms with Crippen LogP contribution in [0.3, 0.4) is 0 Å². The monoisotopic (exact) mass is 433 g/mol. The van der Waals surface area contributed by atoms with E-state index in [-0.39, 0.29) is 41.8 Å². The molecule has 0 unspecified atom stereocenters. The van der Waals surface area contributed by atoms with Gasteiger partial charge in [0.2, 0.25) is 5.43 Å². The van der Waals surface area contributed by atoms with Crippen molar-refractivity contribution >= 4 is 22.6 Å². The maximum absolute atomic E-state index is 15.3. The average Bonchev–Trinajstić information content (AvgIpc) is 3.58. The molecule has 2 heterocycles. The summed E-state index contributed by atoms with van der Waals surface area (Å²) in [7, 11) is 3.06. The number of aromatic carboxylic acids is 1. The number of ether oxygens (including phenoxy) is 1. The maximum Gasteiger partial charge on any atom is 0.341 e. The van der Waals surface area contributed by atoms with E-state index >= 15 is 4.39 Å². The van der Waals surface area contributed by atoms with Gasteiger partial charge in [-0.3, -0.25) is 4.79 Å². The number of carbonyl (C=O) groups is 1. The highest BCUT2D eigenvalue weighted by atomic mass is 19.1. The summed E-state index contributed by atoms with van der Waals surface area (Å²) in [6.45, 7) is 0.836. The molecule has 2 aromatic rings. The Balaban J connectivity index is 1.93. The van der Waals surface area contributed by atoms with Crippen LogP contribution in [0.2, 0.25) is 0 Å². The Labute approximate surface area is 177 Å². The van der Waals surface area contributed by atoms with Crippen LogP contribution in [-0.4, -0.2) is 49.4 Å². The summed E-state index contributed by atoms with van der Waals surface area (Å²) in [5.74, 6) is -2.13. The third-order valence-corrected chi connectivity index (χ3v) is 5.89. The van der Waals surface area contributed by atoms with Crippen molar-refractivity contribution in [3.05, 3.63) is 45.3 Å². The Morgan fingerprint density at radius 1 is 1.39 bits per heavy atom. The number of nitrogens with one attached hydrogen (secondary N) is 1. The zero-order valence-electron chi connectivity index (χ0n) is 17.5. The highest BCUT2D eigenvalue weighted by Crippen LogP contribution is 2.44. The molecular weight excluding hydrogens is 408 g/mol. The molecular formula is C22H25F2N3O4. The van der Waals surface area contributed by atoms with Gasteiger partial charge in [-0.2, -0.15) is 0 Å². The number of anilines is 1. The van der Waals surface area contributed by atoms with E-state index in [0.29, 0.717) is 30.5 Å². The van der Waals surface area contributed by atoms with Gasteiger partial charge in [0.1, 0.15) is 17.1 Å². The van der Waals surface area contributed by atoms with Gasteiger partial charge >= 0.3 is 5.97 Å². The van der Waals surface area contributed by atoms with Gasteiger partial charge in [0.25, 0.3) is 0 Å². The number of fused-ring (bicyclic) bond motifs is 1. The first-order valence-electron chi connectivity index (χ1n) is 10.3. The summed E-state index contributed by atoms with van der Waals surface area (Å²) < 4.78 is 37.1. The van der Waals surface area contributed by atoms with Crippen LogP contribution in [0.15, 0.2) is 28.5 Å². The summed E-state index contributed by atoms with van der Waals surface area (Å²) in [5, 5.41) is 12.2. The number of hydrogen-bond donors (Lipinski definition) is 2. The van der Waals surface area contributed by atoms with Gasteiger partial charge in [-0.15, -0.1) is 0 Å². The van der Waals surface area contributed by atoms with Crippen LogP contribution in [0, 0.1) is 5.82 Å². The van der Waals surface area contributed by atoms with Gasteiger partial charge in [-0.05, 0) is 44.4 Å². The molecule has 1 aromatic heterocycles. The minimum absolute atomic E-state index is 0.0262. The van der Waals surface area contributed by atoms with Gasteiger partial charge in [0, 0.05) is 31.9 Å². The van der Waals surface area contributed by atoms with Crippen LogP contribution >= 0.6 is 0 Å². The fourth-order valence-corrected chi connectivity index (χ4v) is 4.29. The van der Waals surface area contributed by atoms with E-state index in [0.717, 1.165) is 18.9 Å². The molecule has 0 atom stereocenters. The number of hydrogen-bond acceptors (Lipinski definition) is 5. The zero-order chi connectivity index (χ0) is 22.3. The molecule has 2 N–H and O–H groups in total. The second-order valence-electron chi connectivity index (χ2n) is 8.02. The Morgan fingerprint density at radius 3 is 2.74 bits per heavy atom. The van der Waals surface area contributed by atoms with Crippen molar-refractivity contribution in [1.29, 1.82) is 0 Å². The van der Waals surface area contributed by atoms with Crippen LogP contribution in [0.4, 0.5) is 14.5 Å². The lowest BCUT2D eigenvalue weighted by Gasteiger charge is -2.33. The van der Waals surface area contributed by atoms with Crippen molar-refractivity contribution in [3.63, 3.8) is 0 Å². The average molecular weight is 433 g/mol. The van der Waals surface area contributed by atoms with E-state index in [2.05, 4.69) is 5.32 Å². The van der Waals surface area contributed by atoms with Gasteiger partial charge in [-0.25, -0.2) is 13.6 Å². The van der Waals surface area contributed by atoms with Gasteiger partial charge in [-0.1, -0.05) is 0 Å². The zero-order valence-corrected chi connectivity index (χ0v) is 17.5. The minimum Gasteiger partial charge on any atom is -0.492 e. The third kappa shape index (κ3) is 3.78. The lowest BCUT2D eigenvalue weighted by atomic mass is 10.0. The number of halogens is 2. The second kappa shape index (κ2) is 8.30. The van der Waals surface area contributed by atoms with E-state index in [9.17, 15) is 19.1 Å². The molecule has 1 saturated heterocycles. The highest BCUT2D eigenvalue weighted by Gasteiger charge is 2.32. The first-order chi connectivity index (χ1) is 14.9. The number of likely N-dealkylation sites (N-methyl/N-ethyl adjacent to an activating group) is 1. The Bertz CT molecular complexity index is 1140. The topological polar surface area (TPSA) is 83.8 Å². The molecule has 7 nitrogen and oxygen atoms in total. The first kappa shape index (κ1) is 21.3. The molecule has 0 bridgehead atoms. The van der Waals surface area contributed by atoms with Crippen molar-refractivity contribution in [1.82, 2.24) is 9.88 Å². The Morgan fingerprint density at radius 2 is 2.13 bits per heavy atom. The van der Waals surface area contributed by atoms with E-state index in [1.165, 1.54) is 13.3 Å². The molecule has 31 heavy (non-hydrogen) atoms. The van der Waals surface area contributed by atoms with Crippen LogP contribution in [0.25, 0.3) is 10.9 Å². The number of aromatic nitrogens is 1. The predicted molar refractivity (Wildman–Crippen MR) is 113 cm³/mol. The van der Waals surface area contributed by atoms with Crippen molar-refractivity contribution in [2.75, 3.05) is 38.7 Å². The standard InChI is InChI=1S/C22H25F2N3O4/c1-25-9-17(24)12-4-3-7-26(10-12)19-16(23)8-14-18(21(19)31-2)27(13-5-6-13)11-15(20(14)28)22(29)30/h8,11,13,25H,3-7,9-10H2,1-2H3,(H,29,30). The predicted octanol–water partition coefficient (Wildman–Crippen LogP) is 3.23. The molecule has 2 fully saturated rings. The normalized spacial score (nSPS) is 18.4. The molecule has 0 amide bonds. The van der Waals surface area contributed by atoms with Gasteiger partial charge in [0.15, 0.2) is 11.6 Å². The smallest absolute Gasteiger partial charge is 0.341 e. The fourth-order valence-electron chi connectivity index (χ4n) is 4.29. The molecule has 1 aromatic carbocycles. The molecule has 1 aliphatic carbocycles. The summed E-state index contributed by atoms with van der Waals surface area (Å²) in [5.41, 5.74) is 0.000802. The van der Waals surface area contributed by atoms with Crippen molar-refractivity contribution < 1.29 is 23.4 Å². The number of benzene rings is 1. The molecule has 0 radical (unpaired) electrons. The van der Waals surface area contributed by atoms with E-state index in [1.807, 2.05) is 0 Å². The maximum atomic E-state index is 15.3. The number of piperidine rings is 1. The minimum atomic E-state index is -1.35. The summed E-state index contributed by atoms with van der Waals surface area (Å²) >= 11 is 0. The fraction of sp³-hybridized carbons (Fsp3) is 0.455. The lowest BCUT2D eigenvalue weighted by molar-refractivity contribution is 0.0695. The van der Waals surface area contributed by atoms with Crippen molar-refractivity contribution in [2.45, 2.75) is 31.7 Å². The largest absolute Gasteiger partial charge is 0.492 e. The van der Waals surface area contributed by atoms with E-state index in [1.54, 1.807) is 16.5 Å². The van der Waals surface area contributed by atoms with Gasteiger partial charge < -0.3 is 24.6 Å². The molecule has 2 aliphatic rings. The number of carboxylic acid groups (broad SMARTS) is 1. The summed E-state index contributed by atoms with van der Waals surface area (Å²) in [6, 6.07) is 1.11. The number of nitrogens with zero attached hydrogens (tertiary/aromatic N) is 2. The van der Waals surface area contributed by atoms with Crippen LogP contribution < -0.4 is 20.4 Å². The number of methoxy groups -OCH3 is 1. The van der Waals surface area contributed by atoms with Crippen LogP contribution in [0.1, 0.15) is 42.1 Å². The van der Waals surface area contributed by atoms with Crippen LogP contribution in [0.5, 0.6) is 5.75 Å². The molecule has 1 aliphatic heterocycles. The van der Waals surface area contributed by atoms with Gasteiger partial charge in [0.05, 0.1) is 18.0 Å². The van der Waals surface area contributed by atoms with Crippen LogP contribution in [-0.2, 0) is 0 Å². The van der Waals surface area contributed by atoms with E-state index in [4.69, 9.17) is 4.74 Å². The quantitative estimate of drug-likeness (QED) is 0.728. The summed E-state index contributed by atoms with van der Waals surface area (Å²) in [6.07, 6.45) is 4.23. The number of rotatable bonds is 6. The molecule has 9 heteroatoms. The molecule has 166 valence electrons. The number of carboxylic acids is 1. The Hall–Kier alpha value is -2.94. The highest BCUT2D eigenvalue weighted by molar-refractivity contribution is 5.97. The van der Waals surface area contributed by atoms with Crippen molar-refractivity contribution in [2.24, 2.45) is 0 Å². The van der Waals surface area contributed by atoms with E-state index < -0.39 is 22.8 Å². The third-order valence-electron chi connectivity index (χ3n) is 5.89. The molecule has 0 spiro atoms. The second-order valence-corrected chi connectivity index (χ2v) is 8.02. The SMILES string of the molecule is CNCC(F)=C1CCCN(c2c(F)cc3c(=O)c(C(=O)O)cn(C4CC4)c3c2OC)C1. The molecule has 1 saturated carbocycles. The first-order valence-corrected chi connectivity index (χ1v) is 10.3. The lowest BCUT2D eigenvalue weighted by Crippen LogP contribution is -2.33. The Kier molecular flexibility index (Phi) is 5.70. The number of pyridine rings is 1. The summed E-state index contributed by atoms with van der Waals surface area (Å²) in [4.78, 5) is 26.1. The molecule has 4 rings (SSSR count). The van der Waals surface area contributed by atoms with Crippen molar-refractivity contribution in [3.8, 4) is 5.75 Å².